The van der Waals surface area contributed by atoms with Gasteiger partial charge in [0.05, 0.1) is 18.2 Å². The lowest BCUT2D eigenvalue weighted by molar-refractivity contribution is 0.798. The van der Waals surface area contributed by atoms with Gasteiger partial charge in [0.2, 0.25) is 0 Å². The van der Waals surface area contributed by atoms with Crippen molar-refractivity contribution in [2.75, 3.05) is 5.01 Å². The van der Waals surface area contributed by atoms with Crippen molar-refractivity contribution in [3.05, 3.63) is 93.6 Å². The molecular weight excluding hydrogens is 404 g/mol. The van der Waals surface area contributed by atoms with Gasteiger partial charge in [-0.05, 0) is 37.1 Å². The molecule has 0 bridgehead atoms. The maximum atomic E-state index is 9.10. The van der Waals surface area contributed by atoms with Crippen LogP contribution in [0.4, 0.5) is 5.95 Å². The summed E-state index contributed by atoms with van der Waals surface area (Å²) < 4.78 is 2.10. The van der Waals surface area contributed by atoms with Gasteiger partial charge >= 0.3 is 0 Å². The highest BCUT2D eigenvalue weighted by Crippen LogP contribution is 2.36. The summed E-state index contributed by atoms with van der Waals surface area (Å²) in [6.07, 6.45) is 0.963. The van der Waals surface area contributed by atoms with Gasteiger partial charge in [-0.2, -0.15) is 10.4 Å². The average Bonchev–Trinajstić information content (AvgIpc) is 3.37. The lowest BCUT2D eigenvalue weighted by atomic mass is 10.0. The fraction of sp³-hybridized carbons (Fsp3) is 0.167. The van der Waals surface area contributed by atoms with Crippen molar-refractivity contribution in [2.24, 2.45) is 5.10 Å². The van der Waals surface area contributed by atoms with E-state index >= 15 is 0 Å². The molecule has 0 unspecified atom stereocenters. The van der Waals surface area contributed by atoms with E-state index in [1.165, 1.54) is 4.88 Å². The van der Waals surface area contributed by atoms with E-state index < -0.39 is 0 Å². The molecule has 0 saturated carbocycles. The highest BCUT2D eigenvalue weighted by Gasteiger charge is 2.28. The summed E-state index contributed by atoms with van der Waals surface area (Å²) in [5.74, 6) is 1.52. The van der Waals surface area contributed by atoms with E-state index in [1.54, 1.807) is 11.3 Å². The van der Waals surface area contributed by atoms with Gasteiger partial charge in [-0.3, -0.25) is 4.57 Å². The Hall–Kier alpha value is -3.76. The third-order valence-electron chi connectivity index (χ3n) is 5.29. The van der Waals surface area contributed by atoms with Crippen LogP contribution in [0, 0.1) is 18.3 Å². The number of thiophene rings is 1. The minimum atomic E-state index is 0.524. The lowest BCUT2D eigenvalue weighted by Crippen LogP contribution is -2.20. The van der Waals surface area contributed by atoms with E-state index in [0.29, 0.717) is 18.1 Å². The fourth-order valence-electron chi connectivity index (χ4n) is 3.69. The third-order valence-corrected chi connectivity index (χ3v) is 6.56. The van der Waals surface area contributed by atoms with Gasteiger partial charge in [0.1, 0.15) is 16.5 Å². The number of nitrogens with zero attached hydrogens (tertiary/aromatic N) is 6. The van der Waals surface area contributed by atoms with E-state index in [4.69, 9.17) is 10.4 Å². The fourth-order valence-corrected chi connectivity index (χ4v) is 4.83. The summed E-state index contributed by atoms with van der Waals surface area (Å²) in [6.45, 7) is 4.66. The number of fused-ring (bicyclic) bond motifs is 3. The first-order chi connectivity index (χ1) is 15.2. The first-order valence-electron chi connectivity index (χ1n) is 10.1. The van der Waals surface area contributed by atoms with E-state index in [1.807, 2.05) is 54.4 Å². The topological polar surface area (TPSA) is 70.1 Å². The molecule has 31 heavy (non-hydrogen) atoms. The van der Waals surface area contributed by atoms with Crippen molar-refractivity contribution in [1.29, 1.82) is 5.26 Å². The maximum absolute atomic E-state index is 9.10. The zero-order chi connectivity index (χ0) is 21.4. The maximum Gasteiger partial charge on any atom is 0.253 e. The van der Waals surface area contributed by atoms with Crippen molar-refractivity contribution in [3.63, 3.8) is 0 Å². The van der Waals surface area contributed by atoms with Gasteiger partial charge in [0.15, 0.2) is 0 Å². The molecular formula is C24H20N6S. The Morgan fingerprint density at radius 1 is 1.03 bits per heavy atom. The minimum absolute atomic E-state index is 0.524. The molecule has 3 heterocycles. The van der Waals surface area contributed by atoms with Crippen LogP contribution in [0.15, 0.2) is 65.8 Å². The quantitative estimate of drug-likeness (QED) is 0.470. The molecule has 0 saturated heterocycles. The Morgan fingerprint density at radius 3 is 2.52 bits per heavy atom. The zero-order valence-electron chi connectivity index (χ0n) is 17.3. The van der Waals surface area contributed by atoms with E-state index in [9.17, 15) is 0 Å². The summed E-state index contributed by atoms with van der Waals surface area (Å²) in [5, 5.41) is 26.0. The predicted octanol–water partition coefficient (Wildman–Crippen LogP) is 4.84. The second-order valence-electron chi connectivity index (χ2n) is 7.35. The molecule has 1 aliphatic rings. The number of hydrazone groups is 1. The number of rotatable bonds is 4. The van der Waals surface area contributed by atoms with Gasteiger partial charge in [-0.15, -0.1) is 21.5 Å². The van der Waals surface area contributed by atoms with Gasteiger partial charge < -0.3 is 0 Å². The normalized spacial score (nSPS) is 12.5. The highest BCUT2D eigenvalue weighted by atomic mass is 32.1. The molecule has 4 aromatic rings. The third kappa shape index (κ3) is 3.41. The van der Waals surface area contributed by atoms with E-state index in [0.717, 1.165) is 39.6 Å². The molecule has 5 rings (SSSR count). The second-order valence-corrected chi connectivity index (χ2v) is 8.46. The smallest absolute Gasteiger partial charge is 0.253 e. The molecule has 6 nitrogen and oxygen atoms in total. The Labute approximate surface area is 184 Å². The monoisotopic (exact) mass is 424 g/mol. The van der Waals surface area contributed by atoms with Gasteiger partial charge in [-0.1, -0.05) is 49.4 Å². The summed E-state index contributed by atoms with van der Waals surface area (Å²) in [5.41, 5.74) is 4.76. The highest BCUT2D eigenvalue weighted by molar-refractivity contribution is 7.15. The first kappa shape index (κ1) is 19.2. The van der Waals surface area contributed by atoms with Crippen LogP contribution < -0.4 is 5.01 Å². The number of hydrogen-bond acceptors (Lipinski definition) is 6. The molecule has 0 fully saturated rings. The predicted molar refractivity (Wildman–Crippen MR) is 123 cm³/mol. The van der Waals surface area contributed by atoms with E-state index in [-0.39, 0.29) is 0 Å². The Morgan fingerprint density at radius 2 is 1.81 bits per heavy atom. The Bertz CT molecular complexity index is 1310. The second kappa shape index (κ2) is 7.82. The van der Waals surface area contributed by atoms with Crippen molar-refractivity contribution in [2.45, 2.75) is 26.8 Å². The summed E-state index contributed by atoms with van der Waals surface area (Å²) >= 11 is 1.76. The zero-order valence-corrected chi connectivity index (χ0v) is 18.1. The van der Waals surface area contributed by atoms with E-state index in [2.05, 4.69) is 46.0 Å². The molecule has 2 aromatic carbocycles. The number of aromatic nitrogens is 3. The number of anilines is 1. The number of nitriles is 1. The molecule has 2 aromatic heterocycles. The van der Waals surface area contributed by atoms with Crippen LogP contribution in [0.5, 0.6) is 0 Å². The molecule has 152 valence electrons. The molecule has 7 heteroatoms. The SMILES string of the molecule is CCc1cc2c(s1)-n1c(C)nnc1N(Cc1ccc(C#N)cc1)N=C2c1ccccc1. The molecule has 1 aliphatic heterocycles. The molecule has 0 spiro atoms. The average molecular weight is 425 g/mol. The van der Waals surface area contributed by atoms with Crippen LogP contribution in [0.2, 0.25) is 0 Å². The van der Waals surface area contributed by atoms with Crippen molar-refractivity contribution in [1.82, 2.24) is 14.8 Å². The van der Waals surface area contributed by atoms with Gasteiger partial charge in [0, 0.05) is 16.0 Å². The minimum Gasteiger partial charge on any atom is -0.254 e. The standard InChI is InChI=1S/C24H20N6S/c1-3-20-13-21-22(19-7-5-4-6-8-19)28-29(15-18-11-9-17(14-25)10-12-18)24-27-26-16(2)30(24)23(21)31-20/h4-13H,3,15H2,1-2H3. The lowest BCUT2D eigenvalue weighted by Gasteiger charge is -2.18. The van der Waals surface area contributed by atoms with Crippen LogP contribution in [-0.4, -0.2) is 20.5 Å². The molecule has 0 N–H and O–H groups in total. The summed E-state index contributed by atoms with van der Waals surface area (Å²) in [4.78, 5) is 1.30. The first-order valence-corrected chi connectivity index (χ1v) is 11.0. The Balaban J connectivity index is 1.69. The van der Waals surface area contributed by atoms with Crippen LogP contribution in [0.25, 0.3) is 5.00 Å². The largest absolute Gasteiger partial charge is 0.254 e. The Kier molecular flexibility index (Phi) is 4.85. The van der Waals surface area contributed by atoms with Crippen molar-refractivity contribution < 1.29 is 0 Å². The molecule has 0 radical (unpaired) electrons. The van der Waals surface area contributed by atoms with Crippen LogP contribution in [-0.2, 0) is 13.0 Å². The summed E-state index contributed by atoms with van der Waals surface area (Å²) in [6, 6.07) is 22.2. The van der Waals surface area contributed by atoms with Gasteiger partial charge in [0.25, 0.3) is 5.95 Å². The van der Waals surface area contributed by atoms with Gasteiger partial charge in [-0.25, -0.2) is 5.01 Å². The molecule has 0 amide bonds. The number of aryl methyl sites for hydroxylation is 2. The summed E-state index contributed by atoms with van der Waals surface area (Å²) in [7, 11) is 0. The van der Waals surface area contributed by atoms with Crippen molar-refractivity contribution >= 4 is 23.0 Å². The van der Waals surface area contributed by atoms with Crippen LogP contribution >= 0.6 is 11.3 Å². The molecule has 0 aliphatic carbocycles. The van der Waals surface area contributed by atoms with Crippen LogP contribution in [0.1, 0.15) is 39.9 Å². The number of hydrogen-bond donors (Lipinski definition) is 0. The van der Waals surface area contributed by atoms with Crippen molar-refractivity contribution in [3.8, 4) is 11.1 Å². The molecule has 0 atom stereocenters. The number of benzene rings is 2. The van der Waals surface area contributed by atoms with Crippen LogP contribution in [0.3, 0.4) is 0 Å².